The van der Waals surface area contributed by atoms with E-state index in [0.29, 0.717) is 17.9 Å². The Morgan fingerprint density at radius 3 is 2.32 bits per heavy atom. The van der Waals surface area contributed by atoms with E-state index in [4.69, 9.17) is 28.3 Å². The van der Waals surface area contributed by atoms with Crippen molar-refractivity contribution >= 4 is 38.9 Å². The molecule has 0 aliphatic heterocycles. The van der Waals surface area contributed by atoms with E-state index < -0.39 is 21.9 Å². The van der Waals surface area contributed by atoms with Gasteiger partial charge in [0.2, 0.25) is 0 Å². The summed E-state index contributed by atoms with van der Waals surface area (Å²) in [5.74, 6) is -0.696. The topological polar surface area (TPSA) is 57.6 Å². The molecule has 25 heavy (non-hydrogen) atoms. The standard InChI is InChI=1S/C17H18Cl2FNO3S/c1-12(3-2-10-22)21(17-11-14(19)6-9-16(17)20)25(23,24)15-7-4-13(18)5-8-15/h4-9,11-12,22H,2-3,10H2,1H3/t12-/m1/s1. The zero-order valence-corrected chi connectivity index (χ0v) is 15.8. The van der Waals surface area contributed by atoms with Gasteiger partial charge >= 0.3 is 0 Å². The van der Waals surface area contributed by atoms with E-state index in [1.807, 2.05) is 0 Å². The molecule has 2 aromatic rings. The summed E-state index contributed by atoms with van der Waals surface area (Å²) in [6, 6.07) is 8.82. The first-order valence-electron chi connectivity index (χ1n) is 7.63. The number of aliphatic hydroxyl groups is 1. The first-order valence-corrected chi connectivity index (χ1v) is 9.83. The minimum atomic E-state index is -4.05. The molecule has 0 aromatic heterocycles. The molecular weight excluding hydrogens is 388 g/mol. The number of anilines is 1. The van der Waals surface area contributed by atoms with E-state index in [-0.39, 0.29) is 22.2 Å². The molecule has 1 atom stereocenters. The lowest BCUT2D eigenvalue weighted by molar-refractivity contribution is 0.281. The predicted octanol–water partition coefficient (Wildman–Crippen LogP) is 4.49. The maximum absolute atomic E-state index is 14.4. The van der Waals surface area contributed by atoms with Crippen molar-refractivity contribution in [2.24, 2.45) is 0 Å². The second-order valence-electron chi connectivity index (χ2n) is 5.57. The Bertz CT molecular complexity index is 828. The van der Waals surface area contributed by atoms with Crippen LogP contribution in [0.1, 0.15) is 19.8 Å². The number of sulfonamides is 1. The lowest BCUT2D eigenvalue weighted by atomic mass is 10.1. The highest BCUT2D eigenvalue weighted by molar-refractivity contribution is 7.92. The van der Waals surface area contributed by atoms with Crippen LogP contribution < -0.4 is 4.31 Å². The van der Waals surface area contributed by atoms with Crippen LogP contribution in [0.25, 0.3) is 0 Å². The van der Waals surface area contributed by atoms with Crippen LogP contribution in [0.4, 0.5) is 10.1 Å². The first kappa shape index (κ1) is 20.0. The Hall–Kier alpha value is -1.34. The predicted molar refractivity (Wildman–Crippen MR) is 98.3 cm³/mol. The van der Waals surface area contributed by atoms with Crippen molar-refractivity contribution in [1.29, 1.82) is 0 Å². The van der Waals surface area contributed by atoms with Crippen molar-refractivity contribution in [3.63, 3.8) is 0 Å². The highest BCUT2D eigenvalue weighted by Crippen LogP contribution is 2.32. The van der Waals surface area contributed by atoms with Gasteiger partial charge in [-0.15, -0.1) is 0 Å². The van der Waals surface area contributed by atoms with Crippen LogP contribution in [0.2, 0.25) is 10.0 Å². The minimum absolute atomic E-state index is 0.00729. The van der Waals surface area contributed by atoms with E-state index in [2.05, 4.69) is 0 Å². The second-order valence-corrected chi connectivity index (χ2v) is 8.25. The molecule has 0 unspecified atom stereocenters. The monoisotopic (exact) mass is 405 g/mol. The molecule has 1 N–H and O–H groups in total. The average Bonchev–Trinajstić information content (AvgIpc) is 2.56. The molecule has 0 fully saturated rings. The molecule has 0 saturated carbocycles. The largest absolute Gasteiger partial charge is 0.396 e. The third-order valence-electron chi connectivity index (χ3n) is 3.70. The highest BCUT2D eigenvalue weighted by atomic mass is 35.5. The molecule has 8 heteroatoms. The Kier molecular flexibility index (Phi) is 6.68. The average molecular weight is 406 g/mol. The second kappa shape index (κ2) is 8.36. The number of nitrogens with zero attached hydrogens (tertiary/aromatic N) is 1. The van der Waals surface area contributed by atoms with E-state index in [1.54, 1.807) is 6.92 Å². The zero-order valence-electron chi connectivity index (χ0n) is 13.5. The van der Waals surface area contributed by atoms with Crippen LogP contribution in [0, 0.1) is 5.82 Å². The minimum Gasteiger partial charge on any atom is -0.396 e. The van der Waals surface area contributed by atoms with Crippen molar-refractivity contribution < 1.29 is 17.9 Å². The lowest BCUT2D eigenvalue weighted by Crippen LogP contribution is -2.39. The van der Waals surface area contributed by atoms with Gasteiger partial charge in [0, 0.05) is 22.7 Å². The summed E-state index contributed by atoms with van der Waals surface area (Å²) < 4.78 is 41.6. The van der Waals surface area contributed by atoms with Gasteiger partial charge in [-0.2, -0.15) is 0 Å². The fourth-order valence-electron chi connectivity index (χ4n) is 2.48. The third kappa shape index (κ3) is 4.64. The van der Waals surface area contributed by atoms with Gasteiger partial charge in [-0.25, -0.2) is 12.8 Å². The fourth-order valence-corrected chi connectivity index (χ4v) is 4.46. The SMILES string of the molecule is C[C@H](CCCO)N(c1cc(Cl)ccc1F)S(=O)(=O)c1ccc(Cl)cc1. The molecule has 0 heterocycles. The Labute approximate surface area is 156 Å². The maximum atomic E-state index is 14.4. The summed E-state index contributed by atoms with van der Waals surface area (Å²) in [4.78, 5) is -0.00729. The van der Waals surface area contributed by atoms with Crippen LogP contribution in [0.15, 0.2) is 47.4 Å². The van der Waals surface area contributed by atoms with E-state index in [0.717, 1.165) is 10.4 Å². The summed E-state index contributed by atoms with van der Waals surface area (Å²) in [7, 11) is -4.05. The molecule has 2 rings (SSSR count). The van der Waals surface area contributed by atoms with Gasteiger partial charge in [0.15, 0.2) is 0 Å². The Balaban J connectivity index is 2.57. The van der Waals surface area contributed by atoms with Crippen LogP contribution in [-0.2, 0) is 10.0 Å². The van der Waals surface area contributed by atoms with Crippen molar-refractivity contribution in [3.05, 3.63) is 58.3 Å². The lowest BCUT2D eigenvalue weighted by Gasteiger charge is -2.31. The smallest absolute Gasteiger partial charge is 0.264 e. The number of hydrogen-bond donors (Lipinski definition) is 1. The summed E-state index contributed by atoms with van der Waals surface area (Å²) in [5, 5.41) is 9.66. The number of rotatable bonds is 7. The molecule has 4 nitrogen and oxygen atoms in total. The number of benzene rings is 2. The molecule has 0 spiro atoms. The van der Waals surface area contributed by atoms with Crippen molar-refractivity contribution in [2.75, 3.05) is 10.9 Å². The number of halogens is 3. The van der Waals surface area contributed by atoms with Gasteiger partial charge in [-0.05, 0) is 62.2 Å². The zero-order chi connectivity index (χ0) is 18.6. The Morgan fingerprint density at radius 1 is 1.12 bits per heavy atom. The maximum Gasteiger partial charge on any atom is 0.264 e. The van der Waals surface area contributed by atoms with E-state index >= 15 is 0 Å². The van der Waals surface area contributed by atoms with Crippen LogP contribution >= 0.6 is 23.2 Å². The van der Waals surface area contributed by atoms with Gasteiger partial charge in [0.25, 0.3) is 10.0 Å². The Morgan fingerprint density at radius 2 is 1.72 bits per heavy atom. The van der Waals surface area contributed by atoms with Crippen molar-refractivity contribution in [2.45, 2.75) is 30.7 Å². The molecule has 0 aliphatic carbocycles. The third-order valence-corrected chi connectivity index (χ3v) is 6.13. The molecule has 136 valence electrons. The molecule has 0 aliphatic rings. The molecule has 0 amide bonds. The summed E-state index contributed by atoms with van der Waals surface area (Å²) in [5.41, 5.74) is -0.132. The molecule has 0 saturated heterocycles. The molecular formula is C17H18Cl2FNO3S. The quantitative estimate of drug-likeness (QED) is 0.737. The van der Waals surface area contributed by atoms with Gasteiger partial charge in [-0.1, -0.05) is 23.2 Å². The summed E-state index contributed by atoms with van der Waals surface area (Å²) >= 11 is 11.8. The normalized spacial score (nSPS) is 12.8. The van der Waals surface area contributed by atoms with Crippen LogP contribution in [0.3, 0.4) is 0 Å². The van der Waals surface area contributed by atoms with Crippen molar-refractivity contribution in [3.8, 4) is 0 Å². The fraction of sp³-hybridized carbons (Fsp3) is 0.294. The van der Waals surface area contributed by atoms with Gasteiger partial charge in [0.1, 0.15) is 5.82 Å². The number of hydrogen-bond acceptors (Lipinski definition) is 3. The molecule has 0 bridgehead atoms. The van der Waals surface area contributed by atoms with Gasteiger partial charge < -0.3 is 5.11 Å². The van der Waals surface area contributed by atoms with Crippen molar-refractivity contribution in [1.82, 2.24) is 0 Å². The molecule has 2 aromatic carbocycles. The molecule has 0 radical (unpaired) electrons. The van der Waals surface area contributed by atoms with E-state index in [9.17, 15) is 12.8 Å². The van der Waals surface area contributed by atoms with Crippen LogP contribution in [0.5, 0.6) is 0 Å². The van der Waals surface area contributed by atoms with Gasteiger partial charge in [-0.3, -0.25) is 4.31 Å². The first-order chi connectivity index (χ1) is 11.8. The summed E-state index contributed by atoms with van der Waals surface area (Å²) in [6.07, 6.45) is 0.741. The van der Waals surface area contributed by atoms with Crippen LogP contribution in [-0.4, -0.2) is 26.2 Å². The van der Waals surface area contributed by atoms with E-state index in [1.165, 1.54) is 36.4 Å². The number of aliphatic hydroxyl groups excluding tert-OH is 1. The van der Waals surface area contributed by atoms with Gasteiger partial charge in [0.05, 0.1) is 10.6 Å². The summed E-state index contributed by atoms with van der Waals surface area (Å²) in [6.45, 7) is 1.57. The highest BCUT2D eigenvalue weighted by Gasteiger charge is 2.31.